The van der Waals surface area contributed by atoms with Gasteiger partial charge in [0.1, 0.15) is 6.54 Å². The molecule has 1 aromatic heterocycles. The molecule has 0 bridgehead atoms. The summed E-state index contributed by atoms with van der Waals surface area (Å²) in [5, 5.41) is 0. The molecule has 0 saturated carbocycles. The van der Waals surface area contributed by atoms with Crippen LogP contribution in [0.15, 0.2) is 18.3 Å². The van der Waals surface area contributed by atoms with E-state index in [1.165, 1.54) is 4.90 Å². The third kappa shape index (κ3) is 2.48. The van der Waals surface area contributed by atoms with Crippen molar-refractivity contribution >= 4 is 11.8 Å². The molecule has 2 rings (SSSR count). The quantitative estimate of drug-likeness (QED) is 0.770. The molecule has 1 aromatic rings. The highest BCUT2D eigenvalue weighted by atomic mass is 16.2. The highest BCUT2D eigenvalue weighted by Gasteiger charge is 2.27. The van der Waals surface area contributed by atoms with Crippen molar-refractivity contribution in [2.75, 3.05) is 20.1 Å². The van der Waals surface area contributed by atoms with E-state index in [0.717, 1.165) is 11.3 Å². The van der Waals surface area contributed by atoms with Crippen molar-refractivity contribution < 1.29 is 9.59 Å². The van der Waals surface area contributed by atoms with Gasteiger partial charge < -0.3 is 15.5 Å². The highest BCUT2D eigenvalue weighted by molar-refractivity contribution is 5.92. The van der Waals surface area contributed by atoms with E-state index in [2.05, 4.69) is 4.98 Å². The molecular weight excluding hydrogens is 232 g/mol. The van der Waals surface area contributed by atoms with Crippen LogP contribution in [0.2, 0.25) is 0 Å². The Kier molecular flexibility index (Phi) is 3.57. The number of likely N-dealkylation sites (N-methyl/N-ethyl adjacent to an activating group) is 1. The SMILES string of the molecule is CN1CC(=O)N(Cc2cccnc2CN)CC1=O. The largest absolute Gasteiger partial charge is 0.335 e. The van der Waals surface area contributed by atoms with E-state index in [1.54, 1.807) is 24.2 Å². The summed E-state index contributed by atoms with van der Waals surface area (Å²) in [5.74, 6) is -0.100. The second kappa shape index (κ2) is 5.14. The van der Waals surface area contributed by atoms with Crippen LogP contribution < -0.4 is 5.73 Å². The predicted octanol–water partition coefficient (Wildman–Crippen LogP) is -0.659. The molecule has 2 amide bonds. The first-order chi connectivity index (χ1) is 8.61. The topological polar surface area (TPSA) is 79.5 Å². The lowest BCUT2D eigenvalue weighted by Crippen LogP contribution is -2.51. The summed E-state index contributed by atoms with van der Waals surface area (Å²) in [6, 6.07) is 3.68. The van der Waals surface area contributed by atoms with Crippen molar-refractivity contribution in [2.45, 2.75) is 13.1 Å². The Morgan fingerprint density at radius 2 is 2.11 bits per heavy atom. The number of nitrogens with two attached hydrogens (primary N) is 1. The first-order valence-corrected chi connectivity index (χ1v) is 5.76. The maximum absolute atomic E-state index is 11.8. The summed E-state index contributed by atoms with van der Waals surface area (Å²) < 4.78 is 0. The molecule has 1 fully saturated rings. The molecule has 6 nitrogen and oxygen atoms in total. The number of carbonyl (C=O) groups is 2. The van der Waals surface area contributed by atoms with Crippen LogP contribution in [0.3, 0.4) is 0 Å². The zero-order chi connectivity index (χ0) is 13.1. The number of nitrogens with zero attached hydrogens (tertiary/aromatic N) is 3. The fourth-order valence-corrected chi connectivity index (χ4v) is 1.91. The van der Waals surface area contributed by atoms with E-state index in [9.17, 15) is 9.59 Å². The number of carbonyl (C=O) groups excluding carboxylic acids is 2. The van der Waals surface area contributed by atoms with Gasteiger partial charge in [0.2, 0.25) is 11.8 Å². The predicted molar refractivity (Wildman–Crippen MR) is 65.2 cm³/mol. The van der Waals surface area contributed by atoms with Crippen molar-refractivity contribution in [3.63, 3.8) is 0 Å². The molecular formula is C12H16N4O2. The van der Waals surface area contributed by atoms with Crippen LogP contribution in [0, 0.1) is 0 Å². The Morgan fingerprint density at radius 1 is 1.33 bits per heavy atom. The average molecular weight is 248 g/mol. The van der Waals surface area contributed by atoms with E-state index in [1.807, 2.05) is 6.07 Å². The Balaban J connectivity index is 2.13. The summed E-state index contributed by atoms with van der Waals surface area (Å²) in [5.41, 5.74) is 7.25. The molecule has 1 aliphatic rings. The van der Waals surface area contributed by atoms with Crippen molar-refractivity contribution in [3.05, 3.63) is 29.6 Å². The van der Waals surface area contributed by atoms with Gasteiger partial charge in [0.05, 0.1) is 12.2 Å². The zero-order valence-corrected chi connectivity index (χ0v) is 10.3. The van der Waals surface area contributed by atoms with Crippen LogP contribution in [0.25, 0.3) is 0 Å². The number of rotatable bonds is 3. The van der Waals surface area contributed by atoms with E-state index in [0.29, 0.717) is 13.1 Å². The lowest BCUT2D eigenvalue weighted by atomic mass is 10.1. The number of pyridine rings is 1. The Hall–Kier alpha value is -1.95. The molecule has 0 spiro atoms. The van der Waals surface area contributed by atoms with E-state index in [4.69, 9.17) is 5.73 Å². The van der Waals surface area contributed by atoms with Crippen LogP contribution in [0.1, 0.15) is 11.3 Å². The van der Waals surface area contributed by atoms with Crippen LogP contribution in [0.4, 0.5) is 0 Å². The molecule has 0 unspecified atom stereocenters. The fourth-order valence-electron chi connectivity index (χ4n) is 1.91. The van der Waals surface area contributed by atoms with Gasteiger partial charge in [0, 0.05) is 26.3 Å². The Labute approximate surface area is 105 Å². The molecule has 0 atom stereocenters. The molecule has 0 radical (unpaired) electrons. The molecule has 0 aromatic carbocycles. The van der Waals surface area contributed by atoms with Gasteiger partial charge in [-0.15, -0.1) is 0 Å². The van der Waals surface area contributed by atoms with E-state index >= 15 is 0 Å². The van der Waals surface area contributed by atoms with E-state index < -0.39 is 0 Å². The second-order valence-electron chi connectivity index (χ2n) is 4.31. The van der Waals surface area contributed by atoms with Gasteiger partial charge in [-0.25, -0.2) is 0 Å². The van der Waals surface area contributed by atoms with Crippen LogP contribution in [0.5, 0.6) is 0 Å². The Morgan fingerprint density at radius 3 is 2.83 bits per heavy atom. The molecule has 2 heterocycles. The maximum Gasteiger partial charge on any atom is 0.242 e. The third-order valence-corrected chi connectivity index (χ3v) is 3.02. The molecule has 1 aliphatic heterocycles. The smallest absolute Gasteiger partial charge is 0.242 e. The number of piperazine rings is 1. The number of aromatic nitrogens is 1. The van der Waals surface area contributed by atoms with Crippen LogP contribution >= 0.6 is 0 Å². The van der Waals surface area contributed by atoms with Crippen molar-refractivity contribution in [3.8, 4) is 0 Å². The summed E-state index contributed by atoms with van der Waals surface area (Å²) in [6.07, 6.45) is 1.67. The third-order valence-electron chi connectivity index (χ3n) is 3.02. The van der Waals surface area contributed by atoms with Gasteiger partial charge >= 0.3 is 0 Å². The van der Waals surface area contributed by atoms with Crippen LogP contribution in [-0.4, -0.2) is 46.7 Å². The molecule has 0 aliphatic carbocycles. The number of amides is 2. The normalized spacial score (nSPS) is 16.3. The monoisotopic (exact) mass is 248 g/mol. The highest BCUT2D eigenvalue weighted by Crippen LogP contribution is 2.12. The summed E-state index contributed by atoms with van der Waals surface area (Å²) in [6.45, 7) is 0.968. The first-order valence-electron chi connectivity index (χ1n) is 5.76. The minimum atomic E-state index is -0.0519. The maximum atomic E-state index is 11.8. The van der Waals surface area contributed by atoms with Gasteiger partial charge in [-0.05, 0) is 11.6 Å². The molecule has 6 heteroatoms. The second-order valence-corrected chi connectivity index (χ2v) is 4.31. The lowest BCUT2D eigenvalue weighted by Gasteiger charge is -2.31. The van der Waals surface area contributed by atoms with Gasteiger partial charge in [0.15, 0.2) is 0 Å². The Bertz CT molecular complexity index is 475. The van der Waals surface area contributed by atoms with Crippen molar-refractivity contribution in [1.82, 2.24) is 14.8 Å². The fraction of sp³-hybridized carbons (Fsp3) is 0.417. The summed E-state index contributed by atoms with van der Waals surface area (Å²) in [7, 11) is 1.63. The molecule has 18 heavy (non-hydrogen) atoms. The first kappa shape index (κ1) is 12.5. The minimum absolute atomic E-state index is 0.0483. The number of hydrogen-bond donors (Lipinski definition) is 1. The molecule has 96 valence electrons. The number of hydrogen-bond acceptors (Lipinski definition) is 4. The van der Waals surface area contributed by atoms with Gasteiger partial charge in [-0.1, -0.05) is 6.07 Å². The van der Waals surface area contributed by atoms with Crippen molar-refractivity contribution in [2.24, 2.45) is 5.73 Å². The zero-order valence-electron chi connectivity index (χ0n) is 10.3. The van der Waals surface area contributed by atoms with E-state index in [-0.39, 0.29) is 24.9 Å². The summed E-state index contributed by atoms with van der Waals surface area (Å²) in [4.78, 5) is 30.6. The lowest BCUT2D eigenvalue weighted by molar-refractivity contribution is -0.149. The average Bonchev–Trinajstić information content (AvgIpc) is 2.36. The van der Waals surface area contributed by atoms with Gasteiger partial charge in [0.25, 0.3) is 0 Å². The molecule has 1 saturated heterocycles. The summed E-state index contributed by atoms with van der Waals surface area (Å²) >= 11 is 0. The van der Waals surface area contributed by atoms with Gasteiger partial charge in [-0.2, -0.15) is 0 Å². The molecule has 2 N–H and O–H groups in total. The van der Waals surface area contributed by atoms with Gasteiger partial charge in [-0.3, -0.25) is 14.6 Å². The standard InChI is InChI=1S/C12H16N4O2/c1-15-7-12(18)16(8-11(15)17)6-9-3-2-4-14-10(9)5-13/h2-4H,5-8,13H2,1H3. The minimum Gasteiger partial charge on any atom is -0.335 e. The van der Waals surface area contributed by atoms with Crippen LogP contribution in [-0.2, 0) is 22.7 Å². The van der Waals surface area contributed by atoms with Crippen molar-refractivity contribution in [1.29, 1.82) is 0 Å².